The number of carbonyl (C=O) groups is 3. The van der Waals surface area contributed by atoms with Gasteiger partial charge in [0, 0.05) is 24.0 Å². The van der Waals surface area contributed by atoms with Crippen LogP contribution in [0.25, 0.3) is 0 Å². The molecule has 3 N–H and O–H groups in total. The van der Waals surface area contributed by atoms with Crippen molar-refractivity contribution in [1.29, 1.82) is 0 Å². The second-order valence-electron chi connectivity index (χ2n) is 7.69. The summed E-state index contributed by atoms with van der Waals surface area (Å²) in [7, 11) is 0. The predicted octanol–water partition coefficient (Wildman–Crippen LogP) is 1.79. The minimum Gasteiger partial charge on any atom is -0.478 e. The molecule has 8 nitrogen and oxygen atoms in total. The number of allylic oxidation sites excluding steroid dienone is 1. The minimum atomic E-state index is -1.34. The highest BCUT2D eigenvalue weighted by molar-refractivity contribution is 5.89. The molecule has 0 bridgehead atoms. The Bertz CT molecular complexity index is 765. The molecular formula is C22H30O8. The molecule has 1 fully saturated rings. The van der Waals surface area contributed by atoms with Crippen molar-refractivity contribution in [1.82, 2.24) is 0 Å². The van der Waals surface area contributed by atoms with Crippen LogP contribution in [0.5, 0.6) is 0 Å². The Hall–Kier alpha value is -2.71. The molecule has 0 unspecified atom stereocenters. The second kappa shape index (κ2) is 10.4. The number of hydrogen-bond donors (Lipinski definition) is 3. The summed E-state index contributed by atoms with van der Waals surface area (Å²) in [6, 6.07) is 0. The first-order chi connectivity index (χ1) is 13.9. The van der Waals surface area contributed by atoms with Gasteiger partial charge in [0.2, 0.25) is 0 Å². The molecule has 0 aromatic heterocycles. The maximum Gasteiger partial charge on any atom is 0.333 e. The number of hydrogen-bond acceptors (Lipinski definition) is 7. The molecule has 0 amide bonds. The van der Waals surface area contributed by atoms with Crippen LogP contribution in [0.3, 0.4) is 0 Å². The summed E-state index contributed by atoms with van der Waals surface area (Å²) in [5, 5.41) is 30.0. The van der Waals surface area contributed by atoms with Gasteiger partial charge in [-0.25, -0.2) is 9.59 Å². The fraction of sp³-hybridized carbons (Fsp3) is 0.500. The van der Waals surface area contributed by atoms with Gasteiger partial charge in [-0.2, -0.15) is 0 Å². The summed E-state index contributed by atoms with van der Waals surface area (Å²) in [6.07, 6.45) is 0.739. The van der Waals surface area contributed by atoms with Crippen molar-refractivity contribution in [2.24, 2.45) is 17.3 Å². The van der Waals surface area contributed by atoms with Crippen molar-refractivity contribution < 1.29 is 39.2 Å². The Morgan fingerprint density at radius 3 is 2.30 bits per heavy atom. The molecule has 5 atom stereocenters. The Morgan fingerprint density at radius 2 is 1.83 bits per heavy atom. The standard InChI is InChI=1S/C22H30O8/c1-7-22(6)10-16(30-21(28)12(2)8-9-29-15(5)24)17(14(4)20(26)27)19(25)18(22)13(3)11-23/h7-8,16-19,23,25H,1,3-4,9-11H2,2,5-6H3,(H,26,27)/b12-8-/t16-,17-,18-,19-,22+/m1/s1. The van der Waals surface area contributed by atoms with Crippen molar-refractivity contribution in [2.45, 2.75) is 39.4 Å². The molecule has 0 spiro atoms. The topological polar surface area (TPSA) is 130 Å². The molecule has 8 heteroatoms. The third kappa shape index (κ3) is 5.67. The Balaban J connectivity index is 3.26. The van der Waals surface area contributed by atoms with E-state index in [2.05, 4.69) is 19.7 Å². The van der Waals surface area contributed by atoms with Crippen LogP contribution in [0, 0.1) is 17.3 Å². The van der Waals surface area contributed by atoms with Gasteiger partial charge in [-0.1, -0.05) is 26.2 Å². The minimum absolute atomic E-state index is 0.113. The van der Waals surface area contributed by atoms with Crippen LogP contribution in [0.2, 0.25) is 0 Å². The maximum absolute atomic E-state index is 12.5. The average Bonchev–Trinajstić information content (AvgIpc) is 2.66. The van der Waals surface area contributed by atoms with Crippen molar-refractivity contribution in [2.75, 3.05) is 13.2 Å². The zero-order valence-electron chi connectivity index (χ0n) is 17.6. The van der Waals surface area contributed by atoms with Crippen LogP contribution >= 0.6 is 0 Å². The highest BCUT2D eigenvalue weighted by Crippen LogP contribution is 2.50. The smallest absolute Gasteiger partial charge is 0.333 e. The zero-order valence-corrected chi connectivity index (χ0v) is 17.6. The molecule has 1 aliphatic carbocycles. The lowest BCUT2D eigenvalue weighted by molar-refractivity contribution is -0.161. The van der Waals surface area contributed by atoms with Gasteiger partial charge in [-0.05, 0) is 30.4 Å². The highest BCUT2D eigenvalue weighted by Gasteiger charge is 2.53. The van der Waals surface area contributed by atoms with Crippen LogP contribution in [0.1, 0.15) is 27.2 Å². The van der Waals surface area contributed by atoms with Crippen LogP contribution in [0.4, 0.5) is 0 Å². The number of ether oxygens (including phenoxy) is 2. The fourth-order valence-corrected chi connectivity index (χ4v) is 3.81. The first-order valence-corrected chi connectivity index (χ1v) is 9.43. The van der Waals surface area contributed by atoms with Crippen molar-refractivity contribution in [3.05, 3.63) is 48.6 Å². The molecule has 0 aromatic carbocycles. The molecule has 0 heterocycles. The van der Waals surface area contributed by atoms with E-state index in [1.165, 1.54) is 19.9 Å². The number of aliphatic hydroxyl groups is 2. The lowest BCUT2D eigenvalue weighted by Gasteiger charge is -2.50. The average molecular weight is 422 g/mol. The largest absolute Gasteiger partial charge is 0.478 e. The molecule has 1 aliphatic rings. The van der Waals surface area contributed by atoms with Crippen molar-refractivity contribution in [3.63, 3.8) is 0 Å². The van der Waals surface area contributed by atoms with Crippen molar-refractivity contribution in [3.8, 4) is 0 Å². The molecule has 0 aromatic rings. The van der Waals surface area contributed by atoms with E-state index in [0.29, 0.717) is 5.57 Å². The molecular weight excluding hydrogens is 392 g/mol. The maximum atomic E-state index is 12.5. The quantitative estimate of drug-likeness (QED) is 0.291. The lowest BCUT2D eigenvalue weighted by atomic mass is 9.58. The third-order valence-electron chi connectivity index (χ3n) is 5.50. The van der Waals surface area contributed by atoms with Crippen LogP contribution in [-0.4, -0.2) is 58.6 Å². The second-order valence-corrected chi connectivity index (χ2v) is 7.69. The van der Waals surface area contributed by atoms with E-state index in [9.17, 15) is 29.7 Å². The normalized spacial score (nSPS) is 28.9. The van der Waals surface area contributed by atoms with E-state index >= 15 is 0 Å². The van der Waals surface area contributed by atoms with Gasteiger partial charge >= 0.3 is 17.9 Å². The summed E-state index contributed by atoms with van der Waals surface area (Å²) in [4.78, 5) is 35.0. The number of esters is 2. The first-order valence-electron chi connectivity index (χ1n) is 9.43. The molecule has 1 rings (SSSR count). The zero-order chi connectivity index (χ0) is 23.2. The highest BCUT2D eigenvalue weighted by atomic mass is 16.5. The van der Waals surface area contributed by atoms with Gasteiger partial charge in [-0.15, -0.1) is 6.58 Å². The van der Waals surface area contributed by atoms with E-state index in [1.54, 1.807) is 13.0 Å². The Labute approximate surface area is 176 Å². The Morgan fingerprint density at radius 1 is 1.23 bits per heavy atom. The first kappa shape index (κ1) is 25.3. The summed E-state index contributed by atoms with van der Waals surface area (Å²) in [5.41, 5.74) is -0.666. The van der Waals surface area contributed by atoms with Gasteiger partial charge in [-0.3, -0.25) is 4.79 Å². The summed E-state index contributed by atoms with van der Waals surface area (Å²) in [5.74, 6) is -4.41. The van der Waals surface area contributed by atoms with Gasteiger partial charge in [0.1, 0.15) is 12.7 Å². The predicted molar refractivity (Wildman–Crippen MR) is 109 cm³/mol. The summed E-state index contributed by atoms with van der Waals surface area (Å²) in [6.45, 7) is 15.1. The van der Waals surface area contributed by atoms with Crippen LogP contribution in [-0.2, 0) is 23.9 Å². The molecule has 0 radical (unpaired) electrons. The van der Waals surface area contributed by atoms with Crippen LogP contribution < -0.4 is 0 Å². The van der Waals surface area contributed by atoms with Gasteiger partial charge in [0.05, 0.1) is 18.6 Å². The summed E-state index contributed by atoms with van der Waals surface area (Å²) >= 11 is 0. The molecule has 166 valence electrons. The van der Waals surface area contributed by atoms with E-state index in [4.69, 9.17) is 9.47 Å². The number of aliphatic hydroxyl groups excluding tert-OH is 2. The van der Waals surface area contributed by atoms with Gasteiger partial charge in [0.15, 0.2) is 0 Å². The molecule has 0 saturated heterocycles. The summed E-state index contributed by atoms with van der Waals surface area (Å²) < 4.78 is 10.3. The van der Waals surface area contributed by atoms with E-state index in [1.807, 2.05) is 0 Å². The van der Waals surface area contributed by atoms with Crippen molar-refractivity contribution >= 4 is 17.9 Å². The number of rotatable bonds is 9. The van der Waals surface area contributed by atoms with E-state index in [-0.39, 0.29) is 24.2 Å². The lowest BCUT2D eigenvalue weighted by Crippen LogP contribution is -2.54. The van der Waals surface area contributed by atoms with E-state index in [0.717, 1.165) is 0 Å². The number of carboxylic acid groups (broad SMARTS) is 1. The molecule has 1 saturated carbocycles. The molecule has 0 aliphatic heterocycles. The number of carbonyl (C=O) groups excluding carboxylic acids is 2. The van der Waals surface area contributed by atoms with E-state index < -0.39 is 54.0 Å². The Kier molecular flexibility index (Phi) is 8.74. The monoisotopic (exact) mass is 422 g/mol. The number of carboxylic acids is 1. The SMILES string of the molecule is C=C[C@@]1(C)C[C@@H](OC(=O)/C(C)=C\COC(C)=O)[C@@H](C(=C)C(=O)O)[C@@H](O)[C@H]1C(=C)CO. The molecule has 30 heavy (non-hydrogen) atoms. The van der Waals surface area contributed by atoms with Gasteiger partial charge in [0.25, 0.3) is 0 Å². The van der Waals surface area contributed by atoms with Gasteiger partial charge < -0.3 is 24.8 Å². The van der Waals surface area contributed by atoms with Crippen LogP contribution in [0.15, 0.2) is 48.6 Å². The fourth-order valence-electron chi connectivity index (χ4n) is 3.81. The number of aliphatic carboxylic acids is 1. The third-order valence-corrected chi connectivity index (χ3v) is 5.50.